The molecule has 0 aliphatic heterocycles. The predicted molar refractivity (Wildman–Crippen MR) is 140 cm³/mol. The molecule has 1 fully saturated rings. The second kappa shape index (κ2) is 12.1. The number of aryl methyl sites for hydroxylation is 1. The van der Waals surface area contributed by atoms with Crippen LogP contribution in [-0.4, -0.2) is 50.0 Å². The minimum absolute atomic E-state index is 0.0624. The Labute approximate surface area is 217 Å². The summed E-state index contributed by atoms with van der Waals surface area (Å²) in [6.07, 6.45) is 6.01. The predicted octanol–water partition coefficient (Wildman–Crippen LogP) is 4.42. The van der Waals surface area contributed by atoms with Gasteiger partial charge in [0.05, 0.1) is 17.0 Å². The van der Waals surface area contributed by atoms with Gasteiger partial charge < -0.3 is 10.2 Å². The number of carbonyl (C=O) groups excluding carboxylic acids is 2. The number of hydrogen-bond acceptors (Lipinski definition) is 4. The summed E-state index contributed by atoms with van der Waals surface area (Å²) in [5.41, 5.74) is 1.85. The average molecular weight is 538 g/mol. The van der Waals surface area contributed by atoms with Gasteiger partial charge in [0, 0.05) is 12.6 Å². The smallest absolute Gasteiger partial charge is 0.244 e. The van der Waals surface area contributed by atoms with Crippen molar-refractivity contribution in [1.29, 1.82) is 0 Å². The molecular formula is C26H33ClFN3O4S. The third-order valence-electron chi connectivity index (χ3n) is 6.59. The highest BCUT2D eigenvalue weighted by Crippen LogP contribution is 2.25. The van der Waals surface area contributed by atoms with E-state index in [-0.39, 0.29) is 29.2 Å². The van der Waals surface area contributed by atoms with E-state index in [1.165, 1.54) is 11.0 Å². The van der Waals surface area contributed by atoms with Crippen molar-refractivity contribution in [3.63, 3.8) is 0 Å². The quantitative estimate of drug-likeness (QED) is 0.513. The number of carbonyl (C=O) groups is 2. The molecule has 2 aromatic carbocycles. The molecule has 0 saturated heterocycles. The van der Waals surface area contributed by atoms with Gasteiger partial charge >= 0.3 is 0 Å². The number of halogens is 2. The highest BCUT2D eigenvalue weighted by molar-refractivity contribution is 7.92. The van der Waals surface area contributed by atoms with Crippen LogP contribution in [-0.2, 0) is 26.2 Å². The summed E-state index contributed by atoms with van der Waals surface area (Å²) in [7, 11) is -3.92. The van der Waals surface area contributed by atoms with Gasteiger partial charge in [-0.2, -0.15) is 0 Å². The largest absolute Gasteiger partial charge is 0.352 e. The number of amides is 2. The Kier molecular flexibility index (Phi) is 9.35. The zero-order chi connectivity index (χ0) is 26.5. The van der Waals surface area contributed by atoms with Gasteiger partial charge in [-0.25, -0.2) is 12.8 Å². The zero-order valence-electron chi connectivity index (χ0n) is 20.8. The maximum absolute atomic E-state index is 13.7. The molecule has 196 valence electrons. The summed E-state index contributed by atoms with van der Waals surface area (Å²) >= 11 is 5.87. The van der Waals surface area contributed by atoms with E-state index in [9.17, 15) is 22.4 Å². The maximum atomic E-state index is 13.7. The van der Waals surface area contributed by atoms with Crippen LogP contribution in [0, 0.1) is 12.7 Å². The third-order valence-corrected chi connectivity index (χ3v) is 8.02. The van der Waals surface area contributed by atoms with Gasteiger partial charge in [0.1, 0.15) is 18.4 Å². The third kappa shape index (κ3) is 7.20. The molecule has 0 radical (unpaired) electrons. The van der Waals surface area contributed by atoms with Gasteiger partial charge in [-0.1, -0.05) is 55.1 Å². The molecule has 0 heterocycles. The van der Waals surface area contributed by atoms with Crippen LogP contribution < -0.4 is 9.62 Å². The molecule has 1 N–H and O–H groups in total. The normalized spacial score (nSPS) is 15.2. The molecule has 7 nitrogen and oxygen atoms in total. The van der Waals surface area contributed by atoms with Crippen LogP contribution in [0.1, 0.15) is 50.2 Å². The molecule has 2 aromatic rings. The Morgan fingerprint density at radius 2 is 1.81 bits per heavy atom. The minimum atomic E-state index is -3.92. The number of anilines is 1. The van der Waals surface area contributed by atoms with Gasteiger partial charge in [0.25, 0.3) is 0 Å². The number of nitrogens with one attached hydrogen (secondary N) is 1. The van der Waals surface area contributed by atoms with Crippen molar-refractivity contribution >= 4 is 39.1 Å². The van der Waals surface area contributed by atoms with Crippen molar-refractivity contribution in [2.75, 3.05) is 17.1 Å². The van der Waals surface area contributed by atoms with Gasteiger partial charge in [-0.3, -0.25) is 13.9 Å². The fraction of sp³-hybridized carbons (Fsp3) is 0.462. The number of nitrogens with zero attached hydrogens (tertiary/aromatic N) is 2. The lowest BCUT2D eigenvalue weighted by molar-refractivity contribution is -0.139. The Morgan fingerprint density at radius 1 is 1.14 bits per heavy atom. The van der Waals surface area contributed by atoms with E-state index >= 15 is 0 Å². The second-order valence-corrected chi connectivity index (χ2v) is 11.6. The molecule has 10 heteroatoms. The first-order valence-corrected chi connectivity index (χ1v) is 14.3. The van der Waals surface area contributed by atoms with Crippen molar-refractivity contribution in [1.82, 2.24) is 10.2 Å². The van der Waals surface area contributed by atoms with E-state index in [2.05, 4.69) is 5.32 Å². The lowest BCUT2D eigenvalue weighted by Crippen LogP contribution is -2.53. The van der Waals surface area contributed by atoms with E-state index in [0.29, 0.717) is 0 Å². The Balaban J connectivity index is 1.89. The van der Waals surface area contributed by atoms with E-state index in [0.717, 1.165) is 65.9 Å². The van der Waals surface area contributed by atoms with Crippen LogP contribution in [0.3, 0.4) is 0 Å². The molecule has 1 saturated carbocycles. The van der Waals surface area contributed by atoms with E-state index < -0.39 is 34.3 Å². The summed E-state index contributed by atoms with van der Waals surface area (Å²) in [5.74, 6) is -1.54. The number of sulfonamides is 1. The minimum Gasteiger partial charge on any atom is -0.352 e. The molecule has 0 aromatic heterocycles. The highest BCUT2D eigenvalue weighted by atomic mass is 35.5. The van der Waals surface area contributed by atoms with E-state index in [1.807, 2.05) is 31.2 Å². The molecule has 1 aliphatic rings. The first-order chi connectivity index (χ1) is 17.0. The van der Waals surface area contributed by atoms with Crippen LogP contribution in [0.4, 0.5) is 10.1 Å². The topological polar surface area (TPSA) is 86.8 Å². The summed E-state index contributed by atoms with van der Waals surface area (Å²) in [5, 5.41) is 2.80. The summed E-state index contributed by atoms with van der Waals surface area (Å²) in [4.78, 5) is 28.2. The molecule has 1 unspecified atom stereocenters. The Hall–Kier alpha value is -2.65. The maximum Gasteiger partial charge on any atom is 0.244 e. The summed E-state index contributed by atoms with van der Waals surface area (Å²) < 4.78 is 39.8. The lowest BCUT2D eigenvalue weighted by atomic mass is 9.95. The monoisotopic (exact) mass is 537 g/mol. The van der Waals surface area contributed by atoms with Crippen LogP contribution in [0.15, 0.2) is 42.5 Å². The molecule has 2 amide bonds. The van der Waals surface area contributed by atoms with Crippen molar-refractivity contribution in [2.45, 2.75) is 64.6 Å². The van der Waals surface area contributed by atoms with Gasteiger partial charge in [-0.15, -0.1) is 0 Å². The highest BCUT2D eigenvalue weighted by Gasteiger charge is 2.31. The number of rotatable bonds is 9. The fourth-order valence-electron chi connectivity index (χ4n) is 4.38. The average Bonchev–Trinajstić information content (AvgIpc) is 2.83. The fourth-order valence-corrected chi connectivity index (χ4v) is 5.39. The molecule has 0 bridgehead atoms. The summed E-state index contributed by atoms with van der Waals surface area (Å²) in [6.45, 7) is 3.13. The Morgan fingerprint density at radius 3 is 2.42 bits per heavy atom. The molecule has 1 atom stereocenters. The van der Waals surface area contributed by atoms with Crippen LogP contribution >= 0.6 is 11.6 Å². The van der Waals surface area contributed by atoms with Crippen LogP contribution in [0.25, 0.3) is 0 Å². The van der Waals surface area contributed by atoms with Crippen molar-refractivity contribution < 1.29 is 22.4 Å². The van der Waals surface area contributed by atoms with Crippen molar-refractivity contribution in [3.8, 4) is 0 Å². The molecule has 3 rings (SSSR count). The molecule has 1 aliphatic carbocycles. The zero-order valence-corrected chi connectivity index (χ0v) is 22.4. The molecule has 36 heavy (non-hydrogen) atoms. The van der Waals surface area contributed by atoms with Crippen LogP contribution in [0.2, 0.25) is 5.02 Å². The van der Waals surface area contributed by atoms with Crippen LogP contribution in [0.5, 0.6) is 0 Å². The van der Waals surface area contributed by atoms with Gasteiger partial charge in [0.2, 0.25) is 21.8 Å². The summed E-state index contributed by atoms with van der Waals surface area (Å²) in [6, 6.07) is 10.2. The van der Waals surface area contributed by atoms with Gasteiger partial charge in [0.15, 0.2) is 0 Å². The second-order valence-electron chi connectivity index (χ2n) is 9.34. The number of hydrogen-bond donors (Lipinski definition) is 1. The van der Waals surface area contributed by atoms with E-state index in [1.54, 1.807) is 6.92 Å². The van der Waals surface area contributed by atoms with Crippen molar-refractivity contribution in [3.05, 3.63) is 64.4 Å². The standard InChI is InChI=1S/C26H33ClFN3O4S/c1-18-9-7-8-10-20(18)16-30(19(2)26(33)29-21-11-5-4-6-12-21)25(32)17-31(36(3,34)35)22-13-14-24(28)23(27)15-22/h7-10,13-15,19,21H,4-6,11-12,16-17H2,1-3H3,(H,29,33). The first kappa shape index (κ1) is 27.9. The van der Waals surface area contributed by atoms with Crippen molar-refractivity contribution in [2.24, 2.45) is 0 Å². The van der Waals surface area contributed by atoms with E-state index in [4.69, 9.17) is 11.6 Å². The SMILES string of the molecule is Cc1ccccc1CN(C(=O)CN(c1ccc(F)c(Cl)c1)S(C)(=O)=O)C(C)C(=O)NC1CCCCC1. The molecule has 0 spiro atoms. The lowest BCUT2D eigenvalue weighted by Gasteiger charge is -2.33. The molecular weight excluding hydrogens is 505 g/mol. The Bertz CT molecular complexity index is 1200. The van der Waals surface area contributed by atoms with Gasteiger partial charge in [-0.05, 0) is 56.0 Å². The first-order valence-electron chi connectivity index (χ1n) is 12.0. The number of benzene rings is 2.